The van der Waals surface area contributed by atoms with E-state index in [2.05, 4.69) is 10.3 Å². The van der Waals surface area contributed by atoms with Crippen molar-refractivity contribution in [2.45, 2.75) is 26.3 Å². The molecule has 0 aliphatic carbocycles. The molecule has 3 heteroatoms. The summed E-state index contributed by atoms with van der Waals surface area (Å²) in [6.07, 6.45) is 4.30. The zero-order valence-corrected chi connectivity index (χ0v) is 11.4. The second-order valence-corrected chi connectivity index (χ2v) is 4.69. The van der Waals surface area contributed by atoms with E-state index in [9.17, 15) is 4.39 Å². The highest BCUT2D eigenvalue weighted by atomic mass is 19.1. The molecule has 0 fully saturated rings. The molecule has 1 N–H and O–H groups in total. The van der Waals surface area contributed by atoms with Crippen LogP contribution in [0.3, 0.4) is 0 Å². The Balaban J connectivity index is 2.24. The van der Waals surface area contributed by atoms with E-state index in [1.165, 1.54) is 0 Å². The van der Waals surface area contributed by atoms with Crippen molar-refractivity contribution in [3.63, 3.8) is 0 Å². The molecule has 0 aliphatic heterocycles. The fraction of sp³-hybridized carbons (Fsp3) is 0.312. The molecule has 0 spiro atoms. The summed E-state index contributed by atoms with van der Waals surface area (Å²) in [5.74, 6) is -0.139. The first-order chi connectivity index (χ1) is 9.20. The smallest absolute Gasteiger partial charge is 0.128 e. The highest BCUT2D eigenvalue weighted by molar-refractivity contribution is 5.28. The molecular weight excluding hydrogens is 239 g/mol. The van der Waals surface area contributed by atoms with Gasteiger partial charge in [-0.05, 0) is 49.2 Å². The summed E-state index contributed by atoms with van der Waals surface area (Å²) >= 11 is 0. The van der Waals surface area contributed by atoms with Crippen LogP contribution in [-0.4, -0.2) is 11.5 Å². The number of rotatable bonds is 5. The highest BCUT2D eigenvalue weighted by Crippen LogP contribution is 2.22. The van der Waals surface area contributed by atoms with Crippen molar-refractivity contribution in [3.8, 4) is 0 Å². The predicted molar refractivity (Wildman–Crippen MR) is 75.5 cm³/mol. The van der Waals surface area contributed by atoms with Crippen molar-refractivity contribution in [1.29, 1.82) is 0 Å². The number of nitrogens with one attached hydrogen (secondary N) is 1. The van der Waals surface area contributed by atoms with Crippen LogP contribution < -0.4 is 5.32 Å². The van der Waals surface area contributed by atoms with Gasteiger partial charge in [-0.3, -0.25) is 4.98 Å². The number of hydrogen-bond acceptors (Lipinski definition) is 2. The third-order valence-corrected chi connectivity index (χ3v) is 3.17. The Kier molecular flexibility index (Phi) is 4.63. The van der Waals surface area contributed by atoms with Crippen molar-refractivity contribution in [1.82, 2.24) is 10.3 Å². The average molecular weight is 258 g/mol. The van der Waals surface area contributed by atoms with Crippen molar-refractivity contribution < 1.29 is 4.39 Å². The summed E-state index contributed by atoms with van der Waals surface area (Å²) in [7, 11) is 0. The normalized spacial score (nSPS) is 12.4. The van der Waals surface area contributed by atoms with Gasteiger partial charge in [0.1, 0.15) is 5.82 Å². The van der Waals surface area contributed by atoms with Gasteiger partial charge < -0.3 is 5.32 Å². The molecular formula is C16H19FN2. The van der Waals surface area contributed by atoms with Crippen LogP contribution >= 0.6 is 0 Å². The van der Waals surface area contributed by atoms with E-state index in [1.54, 1.807) is 18.5 Å². The number of pyridine rings is 1. The van der Waals surface area contributed by atoms with Crippen LogP contribution in [0.2, 0.25) is 0 Å². The summed E-state index contributed by atoms with van der Waals surface area (Å²) in [6, 6.07) is 9.35. The van der Waals surface area contributed by atoms with E-state index in [-0.39, 0.29) is 11.9 Å². The van der Waals surface area contributed by atoms with Crippen LogP contribution in [0.5, 0.6) is 0 Å². The lowest BCUT2D eigenvalue weighted by Gasteiger charge is -2.19. The minimum absolute atomic E-state index is 0.00648. The van der Waals surface area contributed by atoms with Crippen LogP contribution in [0.15, 0.2) is 42.7 Å². The van der Waals surface area contributed by atoms with Gasteiger partial charge in [-0.1, -0.05) is 19.1 Å². The van der Waals surface area contributed by atoms with Crippen LogP contribution in [0, 0.1) is 12.7 Å². The Morgan fingerprint density at radius 2 is 1.95 bits per heavy atom. The van der Waals surface area contributed by atoms with Gasteiger partial charge in [-0.15, -0.1) is 0 Å². The third-order valence-electron chi connectivity index (χ3n) is 3.17. The fourth-order valence-electron chi connectivity index (χ4n) is 2.21. The number of aromatic nitrogens is 1. The predicted octanol–water partition coefficient (Wildman–Crippen LogP) is 3.42. The maximum atomic E-state index is 14.1. The molecule has 0 saturated heterocycles. The first-order valence-corrected chi connectivity index (χ1v) is 6.59. The van der Waals surface area contributed by atoms with Gasteiger partial charge in [0, 0.05) is 24.0 Å². The van der Waals surface area contributed by atoms with Crippen LogP contribution in [0.4, 0.5) is 4.39 Å². The molecule has 2 aromatic rings. The lowest BCUT2D eigenvalue weighted by atomic mass is 9.98. The molecule has 1 unspecified atom stereocenters. The second-order valence-electron chi connectivity index (χ2n) is 4.69. The van der Waals surface area contributed by atoms with E-state index < -0.39 is 0 Å². The maximum absolute atomic E-state index is 14.1. The average Bonchev–Trinajstić information content (AvgIpc) is 2.39. The molecule has 1 atom stereocenters. The fourth-order valence-corrected chi connectivity index (χ4v) is 2.21. The lowest BCUT2D eigenvalue weighted by Crippen LogP contribution is -2.24. The van der Waals surface area contributed by atoms with E-state index in [4.69, 9.17) is 0 Å². The number of nitrogens with zero attached hydrogens (tertiary/aromatic N) is 1. The number of hydrogen-bond donors (Lipinski definition) is 1. The van der Waals surface area contributed by atoms with Gasteiger partial charge in [0.25, 0.3) is 0 Å². The van der Waals surface area contributed by atoms with E-state index >= 15 is 0 Å². The first kappa shape index (κ1) is 13.7. The second kappa shape index (κ2) is 6.43. The van der Waals surface area contributed by atoms with Crippen molar-refractivity contribution >= 4 is 0 Å². The Morgan fingerprint density at radius 3 is 2.58 bits per heavy atom. The standard InChI is InChI=1S/C16H19FN2/c1-3-19-16(11-13-6-8-18-9-7-13)14-5-4-12(2)10-15(14)17/h4-10,16,19H,3,11H2,1-2H3. The van der Waals surface area contributed by atoms with Crippen molar-refractivity contribution in [2.24, 2.45) is 0 Å². The largest absolute Gasteiger partial charge is 0.310 e. The van der Waals surface area contributed by atoms with E-state index in [0.717, 1.165) is 29.7 Å². The van der Waals surface area contributed by atoms with Crippen molar-refractivity contribution in [2.75, 3.05) is 6.54 Å². The van der Waals surface area contributed by atoms with E-state index in [1.807, 2.05) is 38.1 Å². The maximum Gasteiger partial charge on any atom is 0.128 e. The van der Waals surface area contributed by atoms with Crippen LogP contribution in [0.25, 0.3) is 0 Å². The molecule has 0 aliphatic rings. The summed E-state index contributed by atoms with van der Waals surface area (Å²) in [6.45, 7) is 4.74. The number of likely N-dealkylation sites (N-methyl/N-ethyl adjacent to an activating group) is 1. The van der Waals surface area contributed by atoms with Crippen LogP contribution in [-0.2, 0) is 6.42 Å². The summed E-state index contributed by atoms with van der Waals surface area (Å²) in [4.78, 5) is 4.01. The Hall–Kier alpha value is -1.74. The molecule has 1 heterocycles. The topological polar surface area (TPSA) is 24.9 Å². The zero-order valence-electron chi connectivity index (χ0n) is 11.4. The molecule has 0 bridgehead atoms. The molecule has 2 nitrogen and oxygen atoms in total. The molecule has 0 radical (unpaired) electrons. The quantitative estimate of drug-likeness (QED) is 0.888. The molecule has 0 amide bonds. The number of halogens is 1. The van der Waals surface area contributed by atoms with Crippen molar-refractivity contribution in [3.05, 3.63) is 65.2 Å². The Bertz CT molecular complexity index is 526. The number of benzene rings is 1. The van der Waals surface area contributed by atoms with Gasteiger partial charge in [-0.2, -0.15) is 0 Å². The molecule has 1 aromatic carbocycles. The summed E-state index contributed by atoms with van der Waals surface area (Å²) in [5.41, 5.74) is 2.82. The molecule has 19 heavy (non-hydrogen) atoms. The van der Waals surface area contributed by atoms with Gasteiger partial charge >= 0.3 is 0 Å². The molecule has 100 valence electrons. The van der Waals surface area contributed by atoms with E-state index in [0.29, 0.717) is 0 Å². The van der Waals surface area contributed by atoms with Gasteiger partial charge in [0.15, 0.2) is 0 Å². The third kappa shape index (κ3) is 3.61. The lowest BCUT2D eigenvalue weighted by molar-refractivity contribution is 0.509. The molecule has 1 aromatic heterocycles. The monoisotopic (exact) mass is 258 g/mol. The molecule has 2 rings (SSSR count). The number of aryl methyl sites for hydroxylation is 1. The molecule has 0 saturated carbocycles. The summed E-state index contributed by atoms with van der Waals surface area (Å²) < 4.78 is 14.1. The highest BCUT2D eigenvalue weighted by Gasteiger charge is 2.15. The van der Waals surface area contributed by atoms with Gasteiger partial charge in [0.05, 0.1) is 0 Å². The first-order valence-electron chi connectivity index (χ1n) is 6.59. The summed E-state index contributed by atoms with van der Waals surface area (Å²) in [5, 5.41) is 3.35. The Morgan fingerprint density at radius 1 is 1.21 bits per heavy atom. The van der Waals surface area contributed by atoms with Crippen LogP contribution in [0.1, 0.15) is 29.7 Å². The minimum atomic E-state index is -0.139. The minimum Gasteiger partial charge on any atom is -0.310 e. The van der Waals surface area contributed by atoms with Gasteiger partial charge in [0.2, 0.25) is 0 Å². The SMILES string of the molecule is CCNC(Cc1ccncc1)c1ccc(C)cc1F. The van der Waals surface area contributed by atoms with Gasteiger partial charge in [-0.25, -0.2) is 4.39 Å². The zero-order chi connectivity index (χ0) is 13.7. The Labute approximate surface area is 113 Å².